The average Bonchev–Trinajstić information content (AvgIpc) is 2.55. The van der Waals surface area contributed by atoms with E-state index in [1.165, 1.54) is 19.3 Å². The standard InChI is InChI=1S/C20H32O3SSi/c1-5-6-7-8-9-11-14-18(21)17-20(25(2,3)4)24(22,23)19-15-12-10-13-16-19/h10-16,20H,5-9,17H2,1-4H3/b14-11+. The minimum absolute atomic E-state index is 0.0811. The number of hydrogen-bond donors (Lipinski definition) is 0. The summed E-state index contributed by atoms with van der Waals surface area (Å²) in [5.41, 5.74) is 0. The number of unbranched alkanes of at least 4 members (excludes halogenated alkanes) is 4. The number of hydrogen-bond acceptors (Lipinski definition) is 3. The Bertz CT molecular complexity index is 658. The summed E-state index contributed by atoms with van der Waals surface area (Å²) in [5, 5.41) is 0. The Hall–Kier alpha value is -1.20. The van der Waals surface area contributed by atoms with Gasteiger partial charge in [0, 0.05) is 6.42 Å². The first-order chi connectivity index (χ1) is 11.7. The van der Waals surface area contributed by atoms with E-state index >= 15 is 0 Å². The predicted molar refractivity (Wildman–Crippen MR) is 108 cm³/mol. The molecule has 25 heavy (non-hydrogen) atoms. The van der Waals surface area contributed by atoms with Crippen molar-refractivity contribution in [3.05, 3.63) is 42.5 Å². The molecule has 5 heteroatoms. The molecule has 0 aliphatic heterocycles. The molecule has 1 rings (SSSR count). The van der Waals surface area contributed by atoms with Crippen LogP contribution in [0, 0.1) is 0 Å². The zero-order valence-corrected chi connectivity index (χ0v) is 17.8. The summed E-state index contributed by atoms with van der Waals surface area (Å²) in [6.45, 7) is 8.21. The summed E-state index contributed by atoms with van der Waals surface area (Å²) in [7, 11) is -5.56. The van der Waals surface area contributed by atoms with Crippen LogP contribution in [-0.2, 0) is 14.6 Å². The highest BCUT2D eigenvalue weighted by molar-refractivity contribution is 7.94. The summed E-state index contributed by atoms with van der Waals surface area (Å²) in [4.78, 5) is 12.1. The second kappa shape index (κ2) is 10.1. The maximum Gasteiger partial charge on any atom is 0.179 e. The summed E-state index contributed by atoms with van der Waals surface area (Å²) in [6.07, 6.45) is 9.11. The van der Waals surface area contributed by atoms with Gasteiger partial charge in [-0.1, -0.05) is 70.1 Å². The van der Waals surface area contributed by atoms with Crippen molar-refractivity contribution in [3.63, 3.8) is 0 Å². The number of carbonyl (C=O) groups excluding carboxylic acids is 1. The van der Waals surface area contributed by atoms with Crippen molar-refractivity contribution in [2.24, 2.45) is 0 Å². The van der Waals surface area contributed by atoms with Crippen LogP contribution in [0.5, 0.6) is 0 Å². The summed E-state index contributed by atoms with van der Waals surface area (Å²) >= 11 is 0. The second-order valence-electron chi connectivity index (χ2n) is 7.63. The number of sulfone groups is 1. The fourth-order valence-corrected chi connectivity index (χ4v) is 9.00. The number of allylic oxidation sites excluding steroid dienone is 2. The average molecular weight is 381 g/mol. The third kappa shape index (κ3) is 7.28. The van der Waals surface area contributed by atoms with E-state index in [9.17, 15) is 13.2 Å². The first-order valence-electron chi connectivity index (χ1n) is 9.18. The largest absolute Gasteiger partial charge is 0.295 e. The minimum atomic E-state index is -3.49. The van der Waals surface area contributed by atoms with Gasteiger partial charge in [-0.15, -0.1) is 0 Å². The number of benzene rings is 1. The minimum Gasteiger partial charge on any atom is -0.295 e. The predicted octanol–water partition coefficient (Wildman–Crippen LogP) is 5.19. The van der Waals surface area contributed by atoms with E-state index in [0.29, 0.717) is 4.90 Å². The van der Waals surface area contributed by atoms with E-state index in [1.54, 1.807) is 36.4 Å². The zero-order valence-electron chi connectivity index (χ0n) is 16.0. The molecule has 1 unspecified atom stereocenters. The molecule has 0 N–H and O–H groups in total. The van der Waals surface area contributed by atoms with Crippen molar-refractivity contribution in [1.82, 2.24) is 0 Å². The molecule has 0 aliphatic rings. The molecule has 0 aliphatic carbocycles. The van der Waals surface area contributed by atoms with Crippen LogP contribution in [-0.4, -0.2) is 27.1 Å². The highest BCUT2D eigenvalue weighted by Gasteiger charge is 2.39. The summed E-state index contributed by atoms with van der Waals surface area (Å²) in [5.74, 6) is -0.0811. The van der Waals surface area contributed by atoms with Gasteiger partial charge in [-0.3, -0.25) is 4.79 Å². The van der Waals surface area contributed by atoms with Gasteiger partial charge in [-0.25, -0.2) is 8.42 Å². The van der Waals surface area contributed by atoms with Crippen LogP contribution in [0.25, 0.3) is 0 Å². The maximum absolute atomic E-state index is 13.0. The topological polar surface area (TPSA) is 51.2 Å². The molecule has 0 heterocycles. The lowest BCUT2D eigenvalue weighted by molar-refractivity contribution is -0.114. The normalized spacial score (nSPS) is 13.9. The maximum atomic E-state index is 13.0. The number of ketones is 1. The van der Waals surface area contributed by atoms with Crippen molar-refractivity contribution < 1.29 is 13.2 Å². The molecule has 0 fully saturated rings. The Morgan fingerprint density at radius 2 is 1.72 bits per heavy atom. The molecule has 3 nitrogen and oxygen atoms in total. The van der Waals surface area contributed by atoms with Crippen molar-refractivity contribution in [2.45, 2.75) is 74.9 Å². The molecule has 0 aromatic heterocycles. The number of carbonyl (C=O) groups is 1. The van der Waals surface area contributed by atoms with Crippen molar-refractivity contribution >= 4 is 23.7 Å². The van der Waals surface area contributed by atoms with Crippen LogP contribution in [0.2, 0.25) is 19.6 Å². The van der Waals surface area contributed by atoms with Gasteiger partial charge in [0.2, 0.25) is 0 Å². The van der Waals surface area contributed by atoms with Crippen LogP contribution >= 0.6 is 0 Å². The van der Waals surface area contributed by atoms with Crippen LogP contribution in [0.4, 0.5) is 0 Å². The van der Waals surface area contributed by atoms with Gasteiger partial charge < -0.3 is 0 Å². The zero-order chi connectivity index (χ0) is 18.9. The molecule has 1 atom stereocenters. The fraction of sp³-hybridized carbons (Fsp3) is 0.550. The monoisotopic (exact) mass is 380 g/mol. The van der Waals surface area contributed by atoms with Gasteiger partial charge in [-0.05, 0) is 31.1 Å². The number of rotatable bonds is 11. The first kappa shape index (κ1) is 21.8. The highest BCUT2D eigenvalue weighted by atomic mass is 32.2. The third-order valence-electron chi connectivity index (χ3n) is 4.33. The quantitative estimate of drug-likeness (QED) is 0.301. The molecule has 0 bridgehead atoms. The smallest absolute Gasteiger partial charge is 0.179 e. The molecule has 1 aromatic carbocycles. The highest BCUT2D eigenvalue weighted by Crippen LogP contribution is 2.26. The van der Waals surface area contributed by atoms with Crippen molar-refractivity contribution in [1.29, 1.82) is 0 Å². The Labute approximate surface area is 154 Å². The van der Waals surface area contributed by atoms with Gasteiger partial charge in [0.1, 0.15) is 0 Å². The van der Waals surface area contributed by atoms with Gasteiger partial charge in [0.25, 0.3) is 0 Å². The lowest BCUT2D eigenvalue weighted by Gasteiger charge is -2.28. The van der Waals surface area contributed by atoms with E-state index in [2.05, 4.69) is 6.92 Å². The van der Waals surface area contributed by atoms with Crippen molar-refractivity contribution in [3.8, 4) is 0 Å². The van der Waals surface area contributed by atoms with Gasteiger partial charge >= 0.3 is 0 Å². The molecule has 140 valence electrons. The molecular formula is C20H32O3SSi. The van der Waals surface area contributed by atoms with E-state index in [-0.39, 0.29) is 12.2 Å². The Balaban J connectivity index is 2.81. The Morgan fingerprint density at radius 1 is 1.08 bits per heavy atom. The van der Waals surface area contributed by atoms with Gasteiger partial charge in [-0.2, -0.15) is 0 Å². The van der Waals surface area contributed by atoms with E-state index < -0.39 is 22.8 Å². The van der Waals surface area contributed by atoms with Gasteiger partial charge in [0.05, 0.1) is 17.8 Å². The van der Waals surface area contributed by atoms with Crippen LogP contribution in [0.15, 0.2) is 47.4 Å². The molecule has 0 saturated carbocycles. The molecule has 0 spiro atoms. The Morgan fingerprint density at radius 3 is 2.28 bits per heavy atom. The molecule has 0 saturated heterocycles. The first-order valence-corrected chi connectivity index (χ1v) is 14.3. The summed E-state index contributed by atoms with van der Waals surface area (Å²) in [6, 6.07) is 8.50. The van der Waals surface area contributed by atoms with Gasteiger partial charge in [0.15, 0.2) is 15.6 Å². The van der Waals surface area contributed by atoms with E-state index in [0.717, 1.165) is 12.8 Å². The molecule has 0 amide bonds. The fourth-order valence-electron chi connectivity index (χ4n) is 2.81. The van der Waals surface area contributed by atoms with E-state index in [4.69, 9.17) is 0 Å². The molecule has 1 aromatic rings. The molecule has 0 radical (unpaired) electrons. The third-order valence-corrected chi connectivity index (χ3v) is 11.4. The molecular weight excluding hydrogens is 348 g/mol. The van der Waals surface area contributed by atoms with E-state index in [1.807, 2.05) is 25.7 Å². The van der Waals surface area contributed by atoms with Crippen LogP contribution in [0.1, 0.15) is 45.4 Å². The SMILES string of the molecule is CCCCCC/C=C/C(=O)CC([Si](C)(C)C)S(=O)(=O)c1ccccc1. The summed E-state index contributed by atoms with van der Waals surface area (Å²) < 4.78 is 26.0. The second-order valence-corrected chi connectivity index (χ2v) is 15.6. The van der Waals surface area contributed by atoms with Crippen molar-refractivity contribution in [2.75, 3.05) is 0 Å². The lowest BCUT2D eigenvalue weighted by atomic mass is 10.1. The van der Waals surface area contributed by atoms with Crippen LogP contribution in [0.3, 0.4) is 0 Å². The Kier molecular flexibility index (Phi) is 8.80. The van der Waals surface area contributed by atoms with Crippen LogP contribution < -0.4 is 0 Å². The lowest BCUT2D eigenvalue weighted by Crippen LogP contribution is -2.45.